The van der Waals surface area contributed by atoms with Crippen LogP contribution in [0.15, 0.2) is 55.0 Å². The Labute approximate surface area is 192 Å². The number of carbonyl (C=O) groups excluding carboxylic acids is 1. The Morgan fingerprint density at radius 3 is 2.79 bits per heavy atom. The number of fused-ring (bicyclic) bond motifs is 1. The number of nitrogens with zero attached hydrogens (tertiary/aromatic N) is 4. The zero-order chi connectivity index (χ0) is 23.7. The highest BCUT2D eigenvalue weighted by Gasteiger charge is 2.23. The number of carbonyl (C=O) groups is 1. The fraction of sp³-hybridized carbons (Fsp3) is 0.0870. The van der Waals surface area contributed by atoms with Crippen molar-refractivity contribution in [2.75, 3.05) is 12.4 Å². The molecular weight excluding hydrogens is 439 g/mol. The summed E-state index contributed by atoms with van der Waals surface area (Å²) in [5.41, 5.74) is 2.83. The van der Waals surface area contributed by atoms with Crippen molar-refractivity contribution in [2.24, 2.45) is 0 Å². The van der Waals surface area contributed by atoms with Gasteiger partial charge in [0.15, 0.2) is 23.2 Å². The topological polar surface area (TPSA) is 134 Å². The largest absolute Gasteiger partial charge is 0.435 e. The van der Waals surface area contributed by atoms with E-state index < -0.39 is 11.7 Å². The van der Waals surface area contributed by atoms with Crippen molar-refractivity contribution in [3.05, 3.63) is 72.1 Å². The number of aryl methyl sites for hydroxylation is 1. The highest BCUT2D eigenvalue weighted by molar-refractivity contribution is 6.01. The molecule has 4 N–H and O–H groups in total. The van der Waals surface area contributed by atoms with Gasteiger partial charge < -0.3 is 20.4 Å². The fourth-order valence-corrected chi connectivity index (χ4v) is 3.50. The molecule has 0 aliphatic carbocycles. The van der Waals surface area contributed by atoms with Crippen LogP contribution in [-0.4, -0.2) is 43.1 Å². The number of nitrogens with one attached hydrogen (secondary N) is 4. The Hall–Kier alpha value is -4.80. The van der Waals surface area contributed by atoms with Crippen molar-refractivity contribution in [3.8, 4) is 23.0 Å². The second kappa shape index (κ2) is 8.62. The molecule has 0 spiro atoms. The number of aromatic nitrogens is 6. The quantitative estimate of drug-likeness (QED) is 0.301. The average molecular weight is 458 g/mol. The summed E-state index contributed by atoms with van der Waals surface area (Å²) in [7, 11) is 1.46. The fourth-order valence-electron chi connectivity index (χ4n) is 3.50. The molecule has 34 heavy (non-hydrogen) atoms. The number of anilines is 2. The Kier molecular flexibility index (Phi) is 5.34. The van der Waals surface area contributed by atoms with Crippen molar-refractivity contribution in [1.82, 2.24) is 35.5 Å². The molecule has 1 amide bonds. The van der Waals surface area contributed by atoms with Gasteiger partial charge in [0, 0.05) is 35.9 Å². The number of hydrogen-bond acceptors (Lipinski definition) is 7. The van der Waals surface area contributed by atoms with E-state index in [1.54, 1.807) is 24.4 Å². The minimum Gasteiger partial charge on any atom is -0.435 e. The Morgan fingerprint density at radius 1 is 1.12 bits per heavy atom. The number of amides is 1. The van der Waals surface area contributed by atoms with Crippen molar-refractivity contribution in [3.63, 3.8) is 0 Å². The maximum atomic E-state index is 15.1. The van der Waals surface area contributed by atoms with Crippen LogP contribution in [0.1, 0.15) is 16.1 Å². The molecule has 0 unspecified atom stereocenters. The zero-order valence-corrected chi connectivity index (χ0v) is 18.2. The van der Waals surface area contributed by atoms with Crippen LogP contribution in [0, 0.1) is 12.7 Å². The second-order valence-electron chi connectivity index (χ2n) is 7.38. The summed E-state index contributed by atoms with van der Waals surface area (Å²) >= 11 is 0. The number of aromatic amines is 2. The average Bonchev–Trinajstić information content (AvgIpc) is 3.48. The van der Waals surface area contributed by atoms with Gasteiger partial charge in [-0.3, -0.25) is 14.9 Å². The maximum Gasteiger partial charge on any atom is 0.260 e. The normalized spacial score (nSPS) is 10.9. The van der Waals surface area contributed by atoms with Crippen LogP contribution in [0.5, 0.6) is 11.6 Å². The molecule has 0 aliphatic heterocycles. The first-order valence-corrected chi connectivity index (χ1v) is 10.3. The van der Waals surface area contributed by atoms with Gasteiger partial charge in [0.05, 0.1) is 11.4 Å². The number of H-pyrrole nitrogens is 2. The standard InChI is InChI=1S/C23H19FN8O2/c1-12-9-13-14(29-12)6-7-17(20(13)24)34-23-19(22(33)25-2)21(27-11-28-23)30-18-10-16(31-32-18)15-5-3-4-8-26-15/h3-11,29H,1-2H3,(H,25,33)(H2,27,28,30,31,32). The van der Waals surface area contributed by atoms with Crippen molar-refractivity contribution >= 4 is 28.4 Å². The SMILES string of the molecule is CNC(=O)c1c(Nc2cc(-c3ccccn3)[nH]n2)ncnc1Oc1ccc2[nH]c(C)cc2c1F. The van der Waals surface area contributed by atoms with Crippen LogP contribution < -0.4 is 15.4 Å². The summed E-state index contributed by atoms with van der Waals surface area (Å²) in [4.78, 5) is 28.3. The van der Waals surface area contributed by atoms with Gasteiger partial charge in [-0.2, -0.15) is 5.10 Å². The molecule has 10 nitrogen and oxygen atoms in total. The van der Waals surface area contributed by atoms with E-state index in [1.807, 2.05) is 25.1 Å². The molecule has 1 aromatic carbocycles. The van der Waals surface area contributed by atoms with Gasteiger partial charge in [-0.05, 0) is 37.3 Å². The van der Waals surface area contributed by atoms with Crippen LogP contribution in [0.3, 0.4) is 0 Å². The minimum atomic E-state index is -0.565. The van der Waals surface area contributed by atoms with E-state index in [-0.39, 0.29) is 23.0 Å². The monoisotopic (exact) mass is 458 g/mol. The number of hydrogen-bond donors (Lipinski definition) is 4. The van der Waals surface area contributed by atoms with Crippen LogP contribution in [0.25, 0.3) is 22.3 Å². The number of ether oxygens (including phenoxy) is 1. The maximum absolute atomic E-state index is 15.1. The van der Waals surface area contributed by atoms with E-state index in [0.717, 1.165) is 5.69 Å². The molecule has 4 aromatic heterocycles. The van der Waals surface area contributed by atoms with Gasteiger partial charge in [0.1, 0.15) is 11.9 Å². The molecule has 0 atom stereocenters. The van der Waals surface area contributed by atoms with Crippen LogP contribution >= 0.6 is 0 Å². The molecule has 0 radical (unpaired) electrons. The number of rotatable bonds is 6. The molecule has 0 bridgehead atoms. The van der Waals surface area contributed by atoms with Crippen molar-refractivity contribution < 1.29 is 13.9 Å². The predicted octanol–water partition coefficient (Wildman–Crippen LogP) is 4.09. The lowest BCUT2D eigenvalue weighted by atomic mass is 10.2. The number of pyridine rings is 1. The third kappa shape index (κ3) is 3.90. The van der Waals surface area contributed by atoms with Crippen molar-refractivity contribution in [2.45, 2.75) is 6.92 Å². The summed E-state index contributed by atoms with van der Waals surface area (Å²) < 4.78 is 20.8. The van der Waals surface area contributed by atoms with Gasteiger partial charge >= 0.3 is 0 Å². The Morgan fingerprint density at radius 2 is 2.00 bits per heavy atom. The lowest BCUT2D eigenvalue weighted by molar-refractivity contribution is 0.0960. The minimum absolute atomic E-state index is 0.00266. The summed E-state index contributed by atoms with van der Waals surface area (Å²) in [5, 5.41) is 13.0. The molecule has 0 saturated carbocycles. The van der Waals surface area contributed by atoms with Gasteiger partial charge in [-0.15, -0.1) is 0 Å². The lowest BCUT2D eigenvalue weighted by Crippen LogP contribution is -2.21. The highest BCUT2D eigenvalue weighted by atomic mass is 19.1. The van der Waals surface area contributed by atoms with E-state index >= 15 is 4.39 Å². The third-order valence-electron chi connectivity index (χ3n) is 5.08. The molecule has 0 saturated heterocycles. The summed E-state index contributed by atoms with van der Waals surface area (Å²) in [6, 6.07) is 12.1. The molecule has 5 aromatic rings. The van der Waals surface area contributed by atoms with Crippen molar-refractivity contribution in [1.29, 1.82) is 0 Å². The zero-order valence-electron chi connectivity index (χ0n) is 18.2. The summed E-state index contributed by atoms with van der Waals surface area (Å²) in [6.45, 7) is 1.83. The smallest absolute Gasteiger partial charge is 0.260 e. The van der Waals surface area contributed by atoms with Gasteiger partial charge in [-0.1, -0.05) is 6.07 Å². The molecule has 0 aliphatic rings. The van der Waals surface area contributed by atoms with Crippen LogP contribution in [0.4, 0.5) is 16.0 Å². The predicted molar refractivity (Wildman–Crippen MR) is 124 cm³/mol. The first kappa shape index (κ1) is 21.1. The second-order valence-corrected chi connectivity index (χ2v) is 7.38. The van der Waals surface area contributed by atoms with Gasteiger partial charge in [0.25, 0.3) is 5.91 Å². The van der Waals surface area contributed by atoms with Gasteiger partial charge in [0.2, 0.25) is 5.88 Å². The summed E-state index contributed by atoms with van der Waals surface area (Å²) in [6.07, 6.45) is 2.89. The Bertz CT molecular complexity index is 1500. The highest BCUT2D eigenvalue weighted by Crippen LogP contribution is 2.33. The molecule has 11 heteroatoms. The van der Waals surface area contributed by atoms with E-state index in [9.17, 15) is 4.79 Å². The summed E-state index contributed by atoms with van der Waals surface area (Å²) in [5.74, 6) is -0.725. The lowest BCUT2D eigenvalue weighted by Gasteiger charge is -2.13. The van der Waals surface area contributed by atoms with Crippen LogP contribution in [0.2, 0.25) is 0 Å². The van der Waals surface area contributed by atoms with Gasteiger partial charge in [-0.25, -0.2) is 14.4 Å². The van der Waals surface area contributed by atoms with E-state index in [4.69, 9.17) is 4.74 Å². The first-order chi connectivity index (χ1) is 16.5. The number of benzene rings is 1. The number of halogens is 1. The first-order valence-electron chi connectivity index (χ1n) is 10.3. The van der Waals surface area contributed by atoms with Crippen LogP contribution in [-0.2, 0) is 0 Å². The van der Waals surface area contributed by atoms with E-state index in [0.29, 0.717) is 28.1 Å². The molecular formula is C23H19FN8O2. The third-order valence-corrected chi connectivity index (χ3v) is 5.08. The molecule has 0 fully saturated rings. The molecule has 4 heterocycles. The molecule has 170 valence electrons. The Balaban J connectivity index is 1.50. The van der Waals surface area contributed by atoms with E-state index in [1.165, 1.54) is 19.4 Å². The van der Waals surface area contributed by atoms with E-state index in [2.05, 4.69) is 40.8 Å². The molecule has 5 rings (SSSR count).